The van der Waals surface area contributed by atoms with Gasteiger partial charge in [0.25, 0.3) is 0 Å². The summed E-state index contributed by atoms with van der Waals surface area (Å²) < 4.78 is 7.65. The molecular formula is C17H24N4O2S. The highest BCUT2D eigenvalue weighted by atomic mass is 32.1. The number of hydrogen-bond donors (Lipinski definition) is 1. The van der Waals surface area contributed by atoms with Crippen LogP contribution in [0.2, 0.25) is 0 Å². The van der Waals surface area contributed by atoms with Gasteiger partial charge in [0.2, 0.25) is 11.0 Å². The summed E-state index contributed by atoms with van der Waals surface area (Å²) in [5, 5.41) is 12.7. The number of nitrogens with one attached hydrogen (secondary N) is 1. The van der Waals surface area contributed by atoms with Crippen LogP contribution < -0.4 is 5.32 Å². The van der Waals surface area contributed by atoms with Gasteiger partial charge in [-0.25, -0.2) is 0 Å². The molecule has 0 saturated carbocycles. The Morgan fingerprint density at radius 3 is 2.71 bits per heavy atom. The molecule has 0 aromatic carbocycles. The molecule has 1 fully saturated rings. The monoisotopic (exact) mass is 348 g/mol. The van der Waals surface area contributed by atoms with Gasteiger partial charge in [-0.2, -0.15) is 0 Å². The Kier molecular flexibility index (Phi) is 5.30. The number of nitrogens with zero attached hydrogens (tertiary/aromatic N) is 3. The van der Waals surface area contributed by atoms with Crippen LogP contribution in [0.3, 0.4) is 0 Å². The summed E-state index contributed by atoms with van der Waals surface area (Å²) in [5.74, 6) is 0.513. The molecule has 0 bridgehead atoms. The molecule has 0 unspecified atom stereocenters. The first kappa shape index (κ1) is 17.1. The van der Waals surface area contributed by atoms with Crippen molar-refractivity contribution < 1.29 is 9.53 Å². The molecule has 2 aromatic heterocycles. The van der Waals surface area contributed by atoms with Crippen LogP contribution in [0.15, 0.2) is 24.5 Å². The van der Waals surface area contributed by atoms with E-state index >= 15 is 0 Å². The van der Waals surface area contributed by atoms with Crippen molar-refractivity contribution in [3.05, 3.63) is 29.5 Å². The zero-order valence-corrected chi connectivity index (χ0v) is 15.0. The summed E-state index contributed by atoms with van der Waals surface area (Å²) in [6, 6.07) is 4.00. The maximum atomic E-state index is 12.6. The second-order valence-electron chi connectivity index (χ2n) is 6.75. The number of carbonyl (C=O) groups excluding carboxylic acids is 1. The molecule has 0 aliphatic carbocycles. The first-order chi connectivity index (χ1) is 11.6. The van der Waals surface area contributed by atoms with Gasteiger partial charge < -0.3 is 14.6 Å². The maximum absolute atomic E-state index is 12.6. The first-order valence-corrected chi connectivity index (χ1v) is 9.22. The summed E-state index contributed by atoms with van der Waals surface area (Å²) in [6.45, 7) is 5.66. The Morgan fingerprint density at radius 2 is 2.04 bits per heavy atom. The second-order valence-corrected chi connectivity index (χ2v) is 7.81. The van der Waals surface area contributed by atoms with E-state index in [1.54, 1.807) is 0 Å². The Labute approximate surface area is 146 Å². The molecule has 0 atom stereocenters. The van der Waals surface area contributed by atoms with E-state index in [4.69, 9.17) is 4.74 Å². The van der Waals surface area contributed by atoms with E-state index in [1.165, 1.54) is 11.3 Å². The highest BCUT2D eigenvalue weighted by Gasteiger charge is 2.36. The molecule has 1 N–H and O–H groups in total. The molecule has 24 heavy (non-hydrogen) atoms. The number of anilines is 1. The molecule has 6 nitrogen and oxygen atoms in total. The van der Waals surface area contributed by atoms with Gasteiger partial charge in [0.15, 0.2) is 0 Å². The third kappa shape index (κ3) is 4.02. The predicted octanol–water partition coefficient (Wildman–Crippen LogP) is 3.07. The van der Waals surface area contributed by atoms with Gasteiger partial charge in [-0.1, -0.05) is 25.2 Å². The van der Waals surface area contributed by atoms with Crippen molar-refractivity contribution in [3.63, 3.8) is 0 Å². The molecule has 7 heteroatoms. The lowest BCUT2D eigenvalue weighted by Gasteiger charge is -2.38. The zero-order valence-electron chi connectivity index (χ0n) is 14.2. The number of amides is 1. The minimum absolute atomic E-state index is 0.0159. The molecule has 1 amide bonds. The van der Waals surface area contributed by atoms with Gasteiger partial charge in [-0.05, 0) is 30.9 Å². The summed E-state index contributed by atoms with van der Waals surface area (Å²) >= 11 is 1.46. The molecule has 3 rings (SSSR count). The van der Waals surface area contributed by atoms with Crippen LogP contribution >= 0.6 is 11.3 Å². The van der Waals surface area contributed by atoms with Gasteiger partial charge in [0.05, 0.1) is 12.0 Å². The van der Waals surface area contributed by atoms with Gasteiger partial charge in [0, 0.05) is 32.0 Å². The van der Waals surface area contributed by atoms with Gasteiger partial charge in [0.1, 0.15) is 5.01 Å². The van der Waals surface area contributed by atoms with Crippen LogP contribution in [-0.4, -0.2) is 33.9 Å². The average molecular weight is 348 g/mol. The predicted molar refractivity (Wildman–Crippen MR) is 94.2 cm³/mol. The smallest absolute Gasteiger partial charge is 0.228 e. The quantitative estimate of drug-likeness (QED) is 0.871. The lowest BCUT2D eigenvalue weighted by atomic mass is 9.86. The van der Waals surface area contributed by atoms with Crippen molar-refractivity contribution >= 4 is 22.4 Å². The highest BCUT2D eigenvalue weighted by Crippen LogP contribution is 2.33. The third-order valence-corrected chi connectivity index (χ3v) is 5.22. The van der Waals surface area contributed by atoms with Crippen LogP contribution in [0.25, 0.3) is 0 Å². The fraction of sp³-hybridized carbons (Fsp3) is 0.588. The van der Waals surface area contributed by atoms with E-state index in [1.807, 2.05) is 24.5 Å². The standard InChI is InChI=1S/C17H24N4O2S/c1-13(2)11-15-19-20-16(24-15)18-14(22)12-17(5-9-23-10-6-17)21-7-3-4-8-21/h3-4,7-8,13H,5-6,9-12H2,1-2H3,(H,18,20,22). The van der Waals surface area contributed by atoms with E-state index in [-0.39, 0.29) is 11.4 Å². The minimum Gasteiger partial charge on any atom is -0.381 e. The number of ether oxygens (including phenoxy) is 1. The fourth-order valence-electron chi connectivity index (χ4n) is 3.13. The van der Waals surface area contributed by atoms with Crippen molar-refractivity contribution in [1.29, 1.82) is 0 Å². The van der Waals surface area contributed by atoms with Crippen LogP contribution in [0.5, 0.6) is 0 Å². The highest BCUT2D eigenvalue weighted by molar-refractivity contribution is 7.15. The van der Waals surface area contributed by atoms with E-state index < -0.39 is 0 Å². The van der Waals surface area contributed by atoms with E-state index in [0.29, 0.717) is 30.7 Å². The third-order valence-electron chi connectivity index (χ3n) is 4.36. The molecular weight excluding hydrogens is 324 g/mol. The topological polar surface area (TPSA) is 69.0 Å². The van der Waals surface area contributed by atoms with Crippen LogP contribution in [0.4, 0.5) is 5.13 Å². The Hall–Kier alpha value is -1.73. The Morgan fingerprint density at radius 1 is 1.33 bits per heavy atom. The number of carbonyl (C=O) groups is 1. The first-order valence-electron chi connectivity index (χ1n) is 8.41. The van der Waals surface area contributed by atoms with E-state index in [2.05, 4.69) is 33.9 Å². The number of hydrogen-bond acceptors (Lipinski definition) is 5. The molecule has 2 aromatic rings. The minimum atomic E-state index is -0.211. The Balaban J connectivity index is 1.67. The number of rotatable bonds is 6. The van der Waals surface area contributed by atoms with Gasteiger partial charge in [-0.3, -0.25) is 4.79 Å². The summed E-state index contributed by atoms with van der Waals surface area (Å²) in [6.07, 6.45) is 7.05. The summed E-state index contributed by atoms with van der Waals surface area (Å²) in [4.78, 5) is 12.6. The molecule has 1 saturated heterocycles. The van der Waals surface area contributed by atoms with E-state index in [0.717, 1.165) is 24.3 Å². The lowest BCUT2D eigenvalue weighted by molar-refractivity contribution is -0.119. The van der Waals surface area contributed by atoms with Crippen LogP contribution in [0.1, 0.15) is 38.1 Å². The molecule has 1 aliphatic rings. The number of aromatic nitrogens is 3. The van der Waals surface area contributed by atoms with Crippen LogP contribution in [0, 0.1) is 5.92 Å². The van der Waals surface area contributed by atoms with Gasteiger partial charge >= 0.3 is 0 Å². The SMILES string of the molecule is CC(C)Cc1nnc(NC(=O)CC2(n3cccc3)CCOCC2)s1. The molecule has 1 aliphatic heterocycles. The van der Waals surface area contributed by atoms with Crippen molar-refractivity contribution in [1.82, 2.24) is 14.8 Å². The zero-order chi connectivity index (χ0) is 17.0. The molecule has 0 radical (unpaired) electrons. The summed E-state index contributed by atoms with van der Waals surface area (Å²) in [5.41, 5.74) is -0.211. The fourth-order valence-corrected chi connectivity index (χ4v) is 4.09. The van der Waals surface area contributed by atoms with Crippen molar-refractivity contribution in [2.24, 2.45) is 5.92 Å². The largest absolute Gasteiger partial charge is 0.381 e. The van der Waals surface area contributed by atoms with Gasteiger partial charge in [-0.15, -0.1) is 10.2 Å². The van der Waals surface area contributed by atoms with Crippen molar-refractivity contribution in [3.8, 4) is 0 Å². The Bertz CT molecular complexity index is 660. The van der Waals surface area contributed by atoms with Crippen molar-refractivity contribution in [2.75, 3.05) is 18.5 Å². The summed E-state index contributed by atoms with van der Waals surface area (Å²) in [7, 11) is 0. The second kappa shape index (κ2) is 7.44. The molecule has 3 heterocycles. The molecule has 0 spiro atoms. The van der Waals surface area contributed by atoms with E-state index in [9.17, 15) is 4.79 Å². The van der Waals surface area contributed by atoms with Crippen LogP contribution in [-0.2, 0) is 21.5 Å². The maximum Gasteiger partial charge on any atom is 0.228 e. The lowest BCUT2D eigenvalue weighted by Crippen LogP contribution is -2.42. The molecule has 130 valence electrons. The van der Waals surface area contributed by atoms with Crippen molar-refractivity contribution in [2.45, 2.75) is 45.1 Å². The normalized spacial score (nSPS) is 17.1. The average Bonchev–Trinajstić information content (AvgIpc) is 3.20.